The molecule has 0 radical (unpaired) electrons. The third-order valence-corrected chi connectivity index (χ3v) is 4.10. The first-order valence-electron chi connectivity index (χ1n) is 9.43. The van der Waals surface area contributed by atoms with Crippen LogP contribution in [0.15, 0.2) is 60.5 Å². The Kier molecular flexibility index (Phi) is 16.7. The number of allylic oxidation sites excluding steroid dienone is 2. The third kappa shape index (κ3) is 15.5. The Hall–Kier alpha value is -3.24. The summed E-state index contributed by atoms with van der Waals surface area (Å²) in [5.74, 6) is 0.420. The van der Waals surface area contributed by atoms with E-state index in [1.807, 2.05) is 13.8 Å². The number of rotatable bonds is 9. The molecule has 34 heavy (non-hydrogen) atoms. The van der Waals surface area contributed by atoms with Crippen molar-refractivity contribution in [3.63, 3.8) is 0 Å². The summed E-state index contributed by atoms with van der Waals surface area (Å²) in [5, 5.41) is 24.5. The Morgan fingerprint density at radius 1 is 0.971 bits per heavy atom. The molecule has 0 atom stereocenters. The van der Waals surface area contributed by atoms with Crippen LogP contribution < -0.4 is 11.1 Å². The minimum atomic E-state index is -0.585. The highest BCUT2D eigenvalue weighted by atomic mass is 35.5. The first-order valence-corrected chi connectivity index (χ1v) is 10.2. The lowest BCUT2D eigenvalue weighted by atomic mass is 10.1. The van der Waals surface area contributed by atoms with E-state index in [1.165, 1.54) is 6.20 Å². The van der Waals surface area contributed by atoms with Crippen LogP contribution in [0.4, 0.5) is 0 Å². The van der Waals surface area contributed by atoms with Gasteiger partial charge in [0.25, 0.3) is 12.4 Å². The maximum absolute atomic E-state index is 10.6. The number of nitrogens with two attached hydrogens (primary N) is 1. The zero-order valence-corrected chi connectivity index (χ0v) is 19.1. The van der Waals surface area contributed by atoms with Crippen LogP contribution in [0, 0.1) is 26.1 Å². The summed E-state index contributed by atoms with van der Waals surface area (Å²) in [5.41, 5.74) is 7.81. The molecule has 188 valence electrons. The molecule has 0 spiro atoms. The number of aromatic nitrogens is 2. The predicted octanol–water partition coefficient (Wildman–Crippen LogP) is 5.27. The highest BCUT2D eigenvalue weighted by molar-refractivity contribution is 6.29. The van der Waals surface area contributed by atoms with Gasteiger partial charge in [-0.2, -0.15) is 0 Å². The van der Waals surface area contributed by atoms with Gasteiger partial charge in [-0.1, -0.05) is 64.0 Å². The maximum atomic E-state index is 10.6. The average Bonchev–Trinajstić information content (AvgIpc) is 2.69. The van der Waals surface area contributed by atoms with Gasteiger partial charge < -0.3 is 11.1 Å². The molecule has 0 unspecified atom stereocenters. The Bertz CT molecular complexity index is 949. The lowest BCUT2D eigenvalue weighted by molar-refractivity contribution is -0.403. The van der Waals surface area contributed by atoms with E-state index >= 15 is 0 Å². The van der Waals surface area contributed by atoms with E-state index in [2.05, 4.69) is 15.3 Å². The SMILES string of the molecule is C.C.CC(C)CN/C(=C\[N+](=O)[O-])Cc1ccc(Cl)nc1.N/C(=C\[N+](=O)[O-])Cc1ccc(Cl)nc1. The van der Waals surface area contributed by atoms with Crippen molar-refractivity contribution in [3.8, 4) is 0 Å². The number of nitro groups is 2. The second-order valence-electron chi connectivity index (χ2n) is 7.04. The smallest absolute Gasteiger partial charge is 0.253 e. The molecule has 0 amide bonds. The molecule has 2 rings (SSSR count). The largest absolute Gasteiger partial charge is 0.397 e. The topological polar surface area (TPSA) is 150 Å². The monoisotopic (exact) mass is 514 g/mol. The van der Waals surface area contributed by atoms with E-state index in [0.29, 0.717) is 41.3 Å². The third-order valence-electron chi connectivity index (χ3n) is 3.65. The highest BCUT2D eigenvalue weighted by Crippen LogP contribution is 2.10. The number of pyridine rings is 2. The van der Waals surface area contributed by atoms with Crippen LogP contribution in [-0.2, 0) is 12.8 Å². The molecule has 0 aliphatic heterocycles. The molecule has 0 saturated heterocycles. The molecule has 3 N–H and O–H groups in total. The minimum absolute atomic E-state index is 0. The Labute approximate surface area is 210 Å². The van der Waals surface area contributed by atoms with E-state index in [0.717, 1.165) is 23.5 Å². The van der Waals surface area contributed by atoms with Gasteiger partial charge in [-0.25, -0.2) is 9.97 Å². The number of nitrogens with zero attached hydrogens (tertiary/aromatic N) is 4. The van der Waals surface area contributed by atoms with E-state index < -0.39 is 9.85 Å². The van der Waals surface area contributed by atoms with E-state index in [9.17, 15) is 20.2 Å². The molecular formula is C22H32Cl2N6O4. The van der Waals surface area contributed by atoms with Crippen LogP contribution >= 0.6 is 23.2 Å². The molecule has 2 heterocycles. The first kappa shape index (κ1) is 32.9. The molecule has 0 fully saturated rings. The molecular weight excluding hydrogens is 483 g/mol. The van der Waals surface area contributed by atoms with Gasteiger partial charge in [0.1, 0.15) is 10.3 Å². The van der Waals surface area contributed by atoms with Gasteiger partial charge in [-0.05, 0) is 29.2 Å². The van der Waals surface area contributed by atoms with Gasteiger partial charge in [0.05, 0.1) is 21.2 Å². The molecule has 2 aromatic heterocycles. The molecule has 0 aliphatic carbocycles. The summed E-state index contributed by atoms with van der Waals surface area (Å²) in [6, 6.07) is 6.80. The molecule has 0 saturated carbocycles. The van der Waals surface area contributed by atoms with Gasteiger partial charge in [0, 0.05) is 31.8 Å². The molecule has 12 heteroatoms. The zero-order chi connectivity index (χ0) is 24.1. The Morgan fingerprint density at radius 3 is 1.82 bits per heavy atom. The summed E-state index contributed by atoms with van der Waals surface area (Å²) in [4.78, 5) is 27.4. The maximum Gasteiger partial charge on any atom is 0.253 e. The fraction of sp³-hybridized carbons (Fsp3) is 0.364. The molecule has 10 nitrogen and oxygen atoms in total. The lowest BCUT2D eigenvalue weighted by Gasteiger charge is -2.10. The number of nitrogens with one attached hydrogen (secondary N) is 1. The summed E-state index contributed by atoms with van der Waals surface area (Å²) in [6.07, 6.45) is 5.66. The average molecular weight is 515 g/mol. The fourth-order valence-corrected chi connectivity index (χ4v) is 2.50. The Morgan fingerprint density at radius 2 is 1.44 bits per heavy atom. The van der Waals surface area contributed by atoms with Crippen LogP contribution in [0.5, 0.6) is 0 Å². The van der Waals surface area contributed by atoms with Crippen LogP contribution in [0.25, 0.3) is 0 Å². The number of hydrogen-bond donors (Lipinski definition) is 2. The molecule has 0 aliphatic rings. The first-order chi connectivity index (χ1) is 15.0. The van der Waals surface area contributed by atoms with Crippen molar-refractivity contribution in [1.82, 2.24) is 15.3 Å². The zero-order valence-electron chi connectivity index (χ0n) is 17.6. The van der Waals surface area contributed by atoms with Gasteiger partial charge in [-0.3, -0.25) is 20.2 Å². The summed E-state index contributed by atoms with van der Waals surface area (Å²) in [6.45, 7) is 4.78. The quantitative estimate of drug-likeness (QED) is 0.261. The van der Waals surface area contributed by atoms with E-state index in [4.69, 9.17) is 28.9 Å². The van der Waals surface area contributed by atoms with Crippen molar-refractivity contribution in [2.24, 2.45) is 11.7 Å². The van der Waals surface area contributed by atoms with Crippen molar-refractivity contribution in [2.75, 3.05) is 6.54 Å². The van der Waals surface area contributed by atoms with Gasteiger partial charge >= 0.3 is 0 Å². The highest BCUT2D eigenvalue weighted by Gasteiger charge is 2.06. The summed E-state index contributed by atoms with van der Waals surface area (Å²) >= 11 is 11.3. The normalized spacial score (nSPS) is 10.9. The molecule has 2 aromatic rings. The van der Waals surface area contributed by atoms with Crippen LogP contribution in [0.2, 0.25) is 10.3 Å². The van der Waals surface area contributed by atoms with Crippen molar-refractivity contribution in [3.05, 3.63) is 102 Å². The molecule has 0 bridgehead atoms. The number of hydrogen-bond acceptors (Lipinski definition) is 8. The van der Waals surface area contributed by atoms with E-state index in [-0.39, 0.29) is 20.6 Å². The second-order valence-corrected chi connectivity index (χ2v) is 7.81. The van der Waals surface area contributed by atoms with Crippen LogP contribution in [-0.4, -0.2) is 26.4 Å². The van der Waals surface area contributed by atoms with Crippen molar-refractivity contribution in [1.29, 1.82) is 0 Å². The van der Waals surface area contributed by atoms with Gasteiger partial charge in [0.2, 0.25) is 0 Å². The minimum Gasteiger partial charge on any atom is -0.397 e. The Balaban J connectivity index is 0. The van der Waals surface area contributed by atoms with Crippen molar-refractivity contribution in [2.45, 2.75) is 41.5 Å². The van der Waals surface area contributed by atoms with Crippen molar-refractivity contribution < 1.29 is 9.85 Å². The number of halogens is 2. The lowest BCUT2D eigenvalue weighted by Crippen LogP contribution is -2.21. The van der Waals surface area contributed by atoms with Crippen molar-refractivity contribution >= 4 is 23.2 Å². The van der Waals surface area contributed by atoms with Gasteiger partial charge in [0.15, 0.2) is 0 Å². The molecule has 0 aromatic carbocycles. The summed E-state index contributed by atoms with van der Waals surface area (Å²) in [7, 11) is 0. The second kappa shape index (κ2) is 17.3. The van der Waals surface area contributed by atoms with Crippen LogP contribution in [0.3, 0.4) is 0 Å². The summed E-state index contributed by atoms with van der Waals surface area (Å²) < 4.78 is 0. The fourth-order valence-electron chi connectivity index (χ4n) is 2.27. The van der Waals surface area contributed by atoms with E-state index in [1.54, 1.807) is 30.5 Å². The van der Waals surface area contributed by atoms with Gasteiger partial charge in [-0.15, -0.1) is 0 Å². The van der Waals surface area contributed by atoms with Crippen LogP contribution in [0.1, 0.15) is 39.8 Å². The predicted molar refractivity (Wildman–Crippen MR) is 137 cm³/mol. The standard InChI is InChI=1S/C12H16ClN3O2.C8H8ClN3O2.2CH4/c1-9(2)6-14-11(8-16(17)18)5-10-3-4-12(13)15-7-10;9-8-2-1-6(4-11-8)3-7(10)5-12(13)14;;/h3-4,7-9,14H,5-6H2,1-2H3;1-2,4-5H,3,10H2;2*1H4/b11-8-;7-5-;;.